The van der Waals surface area contributed by atoms with Crippen molar-refractivity contribution < 1.29 is 4.42 Å². The van der Waals surface area contributed by atoms with E-state index >= 15 is 0 Å². The lowest BCUT2D eigenvalue weighted by molar-refractivity contribution is 0.419. The maximum Gasteiger partial charge on any atom is 0.108 e. The lowest BCUT2D eigenvalue weighted by Gasteiger charge is -2.26. The van der Waals surface area contributed by atoms with Crippen LogP contribution in [0.25, 0.3) is 0 Å². The van der Waals surface area contributed by atoms with E-state index in [4.69, 9.17) is 10.2 Å². The summed E-state index contributed by atoms with van der Waals surface area (Å²) in [7, 11) is 0. The van der Waals surface area contributed by atoms with Crippen LogP contribution in [0.1, 0.15) is 60.6 Å². The molecule has 2 nitrogen and oxygen atoms in total. The second-order valence-electron chi connectivity index (χ2n) is 5.43. The molecule has 1 heterocycles. The summed E-state index contributed by atoms with van der Waals surface area (Å²) in [5, 5.41) is 0. The molecule has 1 saturated carbocycles. The van der Waals surface area contributed by atoms with Gasteiger partial charge in [0.2, 0.25) is 0 Å². The Morgan fingerprint density at radius 2 is 2.16 bits per heavy atom. The number of nitrogens with two attached hydrogens (primary N) is 1. The van der Waals surface area contributed by atoms with E-state index in [1.807, 2.05) is 6.07 Å². The van der Waals surface area contributed by atoms with E-state index < -0.39 is 0 Å². The zero-order chi connectivity index (χ0) is 13.2. The largest absolute Gasteiger partial charge is 0.469 e. The number of aryl methyl sites for hydroxylation is 1. The van der Waals surface area contributed by atoms with E-state index in [2.05, 4.69) is 31.2 Å². The highest BCUT2D eigenvalue weighted by atomic mass is 16.3. The highest BCUT2D eigenvalue weighted by Gasteiger charge is 2.21. The van der Waals surface area contributed by atoms with Crippen molar-refractivity contribution in [2.75, 3.05) is 0 Å². The lowest BCUT2D eigenvalue weighted by Crippen LogP contribution is -2.14. The minimum absolute atomic E-state index is 0.0753. The van der Waals surface area contributed by atoms with Crippen LogP contribution >= 0.6 is 0 Å². The first-order chi connectivity index (χ1) is 9.29. The van der Waals surface area contributed by atoms with Gasteiger partial charge in [0.05, 0.1) is 12.3 Å². The van der Waals surface area contributed by atoms with Crippen LogP contribution in [-0.2, 0) is 6.42 Å². The van der Waals surface area contributed by atoms with Gasteiger partial charge < -0.3 is 10.2 Å². The first-order valence-corrected chi connectivity index (χ1v) is 7.21. The Morgan fingerprint density at radius 3 is 2.84 bits per heavy atom. The Morgan fingerprint density at radius 1 is 1.32 bits per heavy atom. The van der Waals surface area contributed by atoms with Crippen LogP contribution in [0.4, 0.5) is 0 Å². The molecule has 0 radical (unpaired) electrons. The third-order valence-electron chi connectivity index (χ3n) is 4.28. The van der Waals surface area contributed by atoms with Crippen molar-refractivity contribution in [1.82, 2.24) is 0 Å². The highest BCUT2D eigenvalue weighted by Crippen LogP contribution is 2.37. The van der Waals surface area contributed by atoms with Gasteiger partial charge in [-0.15, -0.1) is 0 Å². The van der Waals surface area contributed by atoms with Crippen LogP contribution < -0.4 is 5.73 Å². The standard InChI is InChI=1S/C17H21NO/c1-2-16-15(9-10-19-16)17(18)14-8-4-7-13(11-14)12-5-3-6-12/h4,7-12,17H,2-3,5-6,18H2,1H3. The van der Waals surface area contributed by atoms with Crippen molar-refractivity contribution in [1.29, 1.82) is 0 Å². The van der Waals surface area contributed by atoms with Crippen LogP contribution in [0.15, 0.2) is 41.0 Å². The molecule has 2 heteroatoms. The molecule has 100 valence electrons. The summed E-state index contributed by atoms with van der Waals surface area (Å²) in [5.41, 5.74) is 10.2. The van der Waals surface area contributed by atoms with Gasteiger partial charge in [-0.3, -0.25) is 0 Å². The number of hydrogen-bond donors (Lipinski definition) is 1. The van der Waals surface area contributed by atoms with Crippen LogP contribution in [0.5, 0.6) is 0 Å². The van der Waals surface area contributed by atoms with Gasteiger partial charge >= 0.3 is 0 Å². The van der Waals surface area contributed by atoms with Crippen LogP contribution in [0, 0.1) is 0 Å². The van der Waals surface area contributed by atoms with Crippen LogP contribution in [-0.4, -0.2) is 0 Å². The topological polar surface area (TPSA) is 39.2 Å². The van der Waals surface area contributed by atoms with Crippen molar-refractivity contribution in [3.63, 3.8) is 0 Å². The minimum atomic E-state index is -0.0753. The Bertz CT molecular complexity index is 554. The third-order valence-corrected chi connectivity index (χ3v) is 4.28. The van der Waals surface area contributed by atoms with Crippen molar-refractivity contribution in [2.45, 2.75) is 44.6 Å². The van der Waals surface area contributed by atoms with E-state index in [0.717, 1.165) is 23.7 Å². The molecule has 2 N–H and O–H groups in total. The summed E-state index contributed by atoms with van der Waals surface area (Å²) in [4.78, 5) is 0. The van der Waals surface area contributed by atoms with Gasteiger partial charge in [0, 0.05) is 12.0 Å². The molecule has 0 aliphatic heterocycles. The fraction of sp³-hybridized carbons (Fsp3) is 0.412. The summed E-state index contributed by atoms with van der Waals surface area (Å²) < 4.78 is 5.49. The first kappa shape index (κ1) is 12.5. The molecule has 1 atom stereocenters. The normalized spacial score (nSPS) is 17.2. The molecule has 0 bridgehead atoms. The van der Waals surface area contributed by atoms with Gasteiger partial charge in [-0.1, -0.05) is 37.6 Å². The van der Waals surface area contributed by atoms with Crippen molar-refractivity contribution in [3.05, 3.63) is 59.0 Å². The van der Waals surface area contributed by atoms with E-state index in [1.54, 1.807) is 6.26 Å². The summed E-state index contributed by atoms with van der Waals surface area (Å²) in [6.45, 7) is 2.10. The van der Waals surface area contributed by atoms with Crippen molar-refractivity contribution in [3.8, 4) is 0 Å². The Hall–Kier alpha value is -1.54. The molecule has 1 aliphatic rings. The van der Waals surface area contributed by atoms with Crippen molar-refractivity contribution >= 4 is 0 Å². The summed E-state index contributed by atoms with van der Waals surface area (Å²) in [5.74, 6) is 1.75. The quantitative estimate of drug-likeness (QED) is 0.891. The molecule has 1 aliphatic carbocycles. The van der Waals surface area contributed by atoms with Gasteiger partial charge in [0.15, 0.2) is 0 Å². The summed E-state index contributed by atoms with van der Waals surface area (Å²) >= 11 is 0. The monoisotopic (exact) mass is 255 g/mol. The maximum absolute atomic E-state index is 6.41. The van der Waals surface area contributed by atoms with Gasteiger partial charge in [0.1, 0.15) is 5.76 Å². The molecule has 1 unspecified atom stereocenters. The second-order valence-corrected chi connectivity index (χ2v) is 5.43. The van der Waals surface area contributed by atoms with E-state index in [0.29, 0.717) is 0 Å². The average molecular weight is 255 g/mol. The zero-order valence-electron chi connectivity index (χ0n) is 11.4. The van der Waals surface area contributed by atoms with E-state index in [9.17, 15) is 0 Å². The second kappa shape index (κ2) is 5.22. The molecule has 2 aromatic rings. The molecule has 0 amide bonds. The molecule has 19 heavy (non-hydrogen) atoms. The van der Waals surface area contributed by atoms with Gasteiger partial charge in [-0.25, -0.2) is 0 Å². The Kier molecular flexibility index (Phi) is 3.43. The van der Waals surface area contributed by atoms with Gasteiger partial charge in [-0.2, -0.15) is 0 Å². The number of hydrogen-bond acceptors (Lipinski definition) is 2. The highest BCUT2D eigenvalue weighted by molar-refractivity contribution is 5.36. The predicted octanol–water partition coefficient (Wildman–Crippen LogP) is 4.16. The molecule has 1 fully saturated rings. The minimum Gasteiger partial charge on any atom is -0.469 e. The maximum atomic E-state index is 6.41. The van der Waals surface area contributed by atoms with Crippen LogP contribution in [0.2, 0.25) is 0 Å². The average Bonchev–Trinajstić information content (AvgIpc) is 2.84. The fourth-order valence-electron chi connectivity index (χ4n) is 2.84. The molecule has 1 aromatic carbocycles. The molecule has 0 saturated heterocycles. The Labute approximate surface area is 114 Å². The predicted molar refractivity (Wildman–Crippen MR) is 77.2 cm³/mol. The van der Waals surface area contributed by atoms with Crippen LogP contribution in [0.3, 0.4) is 0 Å². The number of rotatable bonds is 4. The number of benzene rings is 1. The first-order valence-electron chi connectivity index (χ1n) is 7.21. The molecule has 0 spiro atoms. The van der Waals surface area contributed by atoms with Gasteiger partial charge in [0.25, 0.3) is 0 Å². The third kappa shape index (κ3) is 2.33. The van der Waals surface area contributed by atoms with Gasteiger partial charge in [-0.05, 0) is 36.0 Å². The summed E-state index contributed by atoms with van der Waals surface area (Å²) in [6.07, 6.45) is 6.64. The lowest BCUT2D eigenvalue weighted by atomic mass is 9.79. The summed E-state index contributed by atoms with van der Waals surface area (Å²) in [6, 6.07) is 10.7. The molecular formula is C17H21NO. The zero-order valence-corrected chi connectivity index (χ0v) is 11.4. The molecule has 3 rings (SSSR count). The Balaban J connectivity index is 1.88. The SMILES string of the molecule is CCc1occc1C(N)c1cccc(C2CCC2)c1. The molecular weight excluding hydrogens is 234 g/mol. The van der Waals surface area contributed by atoms with E-state index in [-0.39, 0.29) is 6.04 Å². The van der Waals surface area contributed by atoms with Crippen molar-refractivity contribution in [2.24, 2.45) is 5.73 Å². The molecule has 1 aromatic heterocycles. The number of furan rings is 1. The van der Waals surface area contributed by atoms with E-state index in [1.165, 1.54) is 30.4 Å². The smallest absolute Gasteiger partial charge is 0.108 e. The fourth-order valence-corrected chi connectivity index (χ4v) is 2.84.